The van der Waals surface area contributed by atoms with Crippen molar-refractivity contribution in [1.82, 2.24) is 20.1 Å². The molecule has 2 aromatic rings. The molecule has 2 heterocycles. The average molecular weight is 383 g/mol. The van der Waals surface area contributed by atoms with E-state index >= 15 is 0 Å². The smallest absolute Gasteiger partial charge is 0.317 e. The maximum atomic E-state index is 12.6. The van der Waals surface area contributed by atoms with Gasteiger partial charge in [0.25, 0.3) is 0 Å². The van der Waals surface area contributed by atoms with Crippen LogP contribution in [0.4, 0.5) is 4.79 Å². The van der Waals surface area contributed by atoms with Gasteiger partial charge in [-0.25, -0.2) is 4.79 Å². The molecule has 4 rings (SSSR count). The van der Waals surface area contributed by atoms with E-state index in [0.29, 0.717) is 12.0 Å². The Morgan fingerprint density at radius 1 is 1.29 bits per heavy atom. The number of benzene rings is 1. The molecule has 1 aliphatic heterocycles. The maximum absolute atomic E-state index is 12.6. The topological polar surface area (TPSA) is 51.4 Å². The molecule has 2 amide bonds. The number of hydrogen-bond donors (Lipinski definition) is 2. The van der Waals surface area contributed by atoms with E-state index < -0.39 is 0 Å². The predicted molar refractivity (Wildman–Crippen MR) is 115 cm³/mol. The first-order chi connectivity index (χ1) is 13.6. The van der Waals surface area contributed by atoms with Crippen LogP contribution in [0.1, 0.15) is 56.4 Å². The fourth-order valence-electron chi connectivity index (χ4n) is 5.45. The number of fused-ring (bicyclic) bond motifs is 2. The highest BCUT2D eigenvalue weighted by Crippen LogP contribution is 2.44. The van der Waals surface area contributed by atoms with Crippen LogP contribution in [0.2, 0.25) is 0 Å². The van der Waals surface area contributed by atoms with Gasteiger partial charge in [0.05, 0.1) is 0 Å². The lowest BCUT2D eigenvalue weighted by molar-refractivity contribution is 0.124. The van der Waals surface area contributed by atoms with E-state index in [0.717, 1.165) is 38.9 Å². The first-order valence-corrected chi connectivity index (χ1v) is 10.9. The fraction of sp³-hybridized carbons (Fsp3) is 0.609. The SMILES string of the molecule is CCCc1[nH]c2cccc3c2c1C[C@@H]1[C@@H]3C[C@H](NC(=O)N(CC)CC)CN1C. The summed E-state index contributed by atoms with van der Waals surface area (Å²) in [6, 6.07) is 7.51. The number of likely N-dealkylation sites (tertiary alicyclic amines) is 1. The molecule has 0 radical (unpaired) electrons. The molecule has 2 aliphatic rings. The van der Waals surface area contributed by atoms with Gasteiger partial charge in [0.15, 0.2) is 0 Å². The molecule has 5 nitrogen and oxygen atoms in total. The van der Waals surface area contributed by atoms with Crippen LogP contribution in [0.3, 0.4) is 0 Å². The van der Waals surface area contributed by atoms with Gasteiger partial charge < -0.3 is 20.1 Å². The van der Waals surface area contributed by atoms with Crippen LogP contribution in [-0.2, 0) is 12.8 Å². The number of amides is 2. The lowest BCUT2D eigenvalue weighted by Gasteiger charge is -2.46. The summed E-state index contributed by atoms with van der Waals surface area (Å²) < 4.78 is 0. The Bertz CT molecular complexity index is 854. The Kier molecular flexibility index (Phi) is 5.37. The van der Waals surface area contributed by atoms with Crippen LogP contribution in [0, 0.1) is 0 Å². The number of H-pyrrole nitrogens is 1. The van der Waals surface area contributed by atoms with Crippen molar-refractivity contribution in [2.24, 2.45) is 0 Å². The van der Waals surface area contributed by atoms with Crippen LogP contribution in [0.5, 0.6) is 0 Å². The van der Waals surface area contributed by atoms with E-state index in [1.54, 1.807) is 0 Å². The van der Waals surface area contributed by atoms with Crippen LogP contribution >= 0.6 is 0 Å². The average Bonchev–Trinajstić information content (AvgIpc) is 3.03. The molecular weight excluding hydrogens is 348 g/mol. The summed E-state index contributed by atoms with van der Waals surface area (Å²) in [7, 11) is 2.23. The third-order valence-electron chi connectivity index (χ3n) is 6.82. The van der Waals surface area contributed by atoms with Crippen LogP contribution < -0.4 is 5.32 Å². The number of carbonyl (C=O) groups is 1. The number of aromatic amines is 1. The van der Waals surface area contributed by atoms with Crippen molar-refractivity contribution in [2.75, 3.05) is 26.7 Å². The van der Waals surface area contributed by atoms with Crippen molar-refractivity contribution in [3.63, 3.8) is 0 Å². The Balaban J connectivity index is 1.64. The molecule has 1 saturated heterocycles. The quantitative estimate of drug-likeness (QED) is 0.824. The minimum absolute atomic E-state index is 0.0726. The van der Waals surface area contributed by atoms with Gasteiger partial charge in [-0.2, -0.15) is 0 Å². The second kappa shape index (κ2) is 7.78. The van der Waals surface area contributed by atoms with Gasteiger partial charge in [-0.3, -0.25) is 0 Å². The number of nitrogens with zero attached hydrogens (tertiary/aromatic N) is 2. The van der Waals surface area contributed by atoms with Gasteiger partial charge in [0, 0.05) is 54.2 Å². The zero-order valence-corrected chi connectivity index (χ0v) is 17.7. The minimum atomic E-state index is 0.0726. The normalized spacial score (nSPS) is 24.2. The summed E-state index contributed by atoms with van der Waals surface area (Å²) in [4.78, 5) is 20.6. The Morgan fingerprint density at radius 3 is 2.79 bits per heavy atom. The molecule has 1 aromatic carbocycles. The monoisotopic (exact) mass is 382 g/mol. The van der Waals surface area contributed by atoms with Crippen molar-refractivity contribution >= 4 is 16.9 Å². The van der Waals surface area contributed by atoms with Crippen molar-refractivity contribution in [2.45, 2.75) is 64.5 Å². The largest absolute Gasteiger partial charge is 0.358 e. The first-order valence-electron chi connectivity index (χ1n) is 10.9. The number of nitrogens with one attached hydrogen (secondary N) is 2. The number of aryl methyl sites for hydroxylation is 1. The molecule has 1 fully saturated rings. The van der Waals surface area contributed by atoms with Crippen LogP contribution in [0.25, 0.3) is 10.9 Å². The molecule has 152 valence electrons. The Labute approximate surface area is 168 Å². The number of hydrogen-bond acceptors (Lipinski definition) is 2. The number of carbonyl (C=O) groups excluding carboxylic acids is 1. The van der Waals surface area contributed by atoms with Gasteiger partial charge >= 0.3 is 6.03 Å². The minimum Gasteiger partial charge on any atom is -0.358 e. The van der Waals surface area contributed by atoms with E-state index in [9.17, 15) is 4.79 Å². The van der Waals surface area contributed by atoms with E-state index in [1.807, 2.05) is 18.7 Å². The summed E-state index contributed by atoms with van der Waals surface area (Å²) >= 11 is 0. The molecule has 3 atom stereocenters. The zero-order valence-electron chi connectivity index (χ0n) is 17.7. The molecule has 0 saturated carbocycles. The predicted octanol–water partition coefficient (Wildman–Crippen LogP) is 3.88. The van der Waals surface area contributed by atoms with E-state index in [-0.39, 0.29) is 12.1 Å². The summed E-state index contributed by atoms with van der Waals surface area (Å²) in [5.74, 6) is 0.474. The van der Waals surface area contributed by atoms with Crippen molar-refractivity contribution in [1.29, 1.82) is 0 Å². The summed E-state index contributed by atoms with van der Waals surface area (Å²) in [6.45, 7) is 8.75. The third kappa shape index (κ3) is 3.20. The Morgan fingerprint density at radius 2 is 2.07 bits per heavy atom. The number of urea groups is 1. The van der Waals surface area contributed by atoms with Gasteiger partial charge in [-0.15, -0.1) is 0 Å². The van der Waals surface area contributed by atoms with Gasteiger partial charge in [0.2, 0.25) is 0 Å². The maximum Gasteiger partial charge on any atom is 0.317 e. The van der Waals surface area contributed by atoms with E-state index in [1.165, 1.54) is 34.1 Å². The molecule has 1 aromatic heterocycles. The lowest BCUT2D eigenvalue weighted by Crippen LogP contribution is -2.56. The molecular formula is C23H34N4O. The zero-order chi connectivity index (χ0) is 19.8. The summed E-state index contributed by atoms with van der Waals surface area (Å²) in [6.07, 6.45) is 4.42. The van der Waals surface area contributed by atoms with Crippen molar-refractivity contribution in [3.8, 4) is 0 Å². The van der Waals surface area contributed by atoms with E-state index in [2.05, 4.69) is 47.4 Å². The number of likely N-dealkylation sites (N-methyl/N-ethyl adjacent to an activating group) is 1. The highest BCUT2D eigenvalue weighted by molar-refractivity contribution is 5.89. The second-order valence-corrected chi connectivity index (χ2v) is 8.47. The number of piperidine rings is 1. The van der Waals surface area contributed by atoms with E-state index in [4.69, 9.17) is 0 Å². The van der Waals surface area contributed by atoms with Crippen LogP contribution in [-0.4, -0.2) is 59.6 Å². The van der Waals surface area contributed by atoms with Gasteiger partial charge in [-0.1, -0.05) is 25.5 Å². The second-order valence-electron chi connectivity index (χ2n) is 8.47. The summed E-state index contributed by atoms with van der Waals surface area (Å²) in [5, 5.41) is 4.76. The summed E-state index contributed by atoms with van der Waals surface area (Å²) in [5.41, 5.74) is 5.71. The van der Waals surface area contributed by atoms with Gasteiger partial charge in [0.1, 0.15) is 0 Å². The highest BCUT2D eigenvalue weighted by Gasteiger charge is 2.40. The standard InChI is InChI=1S/C23H34N4O/c1-5-9-19-18-13-21-17(16-10-8-11-20(25-19)22(16)18)12-15(14-26(21)4)24-23(28)27(6-2)7-3/h8,10-11,15,17,21,25H,5-7,9,12-14H2,1-4H3,(H,24,28)/t15-,17+,21+/m0/s1. The molecule has 5 heteroatoms. The highest BCUT2D eigenvalue weighted by atomic mass is 16.2. The molecule has 28 heavy (non-hydrogen) atoms. The lowest BCUT2D eigenvalue weighted by atomic mass is 9.73. The fourth-order valence-corrected chi connectivity index (χ4v) is 5.45. The first kappa shape index (κ1) is 19.3. The van der Waals surface area contributed by atoms with Crippen molar-refractivity contribution < 1.29 is 4.79 Å². The molecule has 0 spiro atoms. The molecule has 0 bridgehead atoms. The Hall–Kier alpha value is -2.01. The third-order valence-corrected chi connectivity index (χ3v) is 6.82. The molecule has 0 unspecified atom stereocenters. The van der Waals surface area contributed by atoms with Gasteiger partial charge in [-0.05, 0) is 57.4 Å². The molecule has 1 aliphatic carbocycles. The van der Waals surface area contributed by atoms with Crippen LogP contribution in [0.15, 0.2) is 18.2 Å². The molecule has 2 N–H and O–H groups in total. The van der Waals surface area contributed by atoms with Crippen molar-refractivity contribution in [3.05, 3.63) is 35.0 Å². The number of rotatable bonds is 5. The number of aromatic nitrogens is 1.